The molecule has 0 radical (unpaired) electrons. The smallest absolute Gasteiger partial charge is 0.230 e. The van der Waals surface area contributed by atoms with Crippen LogP contribution >= 0.6 is 0 Å². The summed E-state index contributed by atoms with van der Waals surface area (Å²) in [5.41, 5.74) is 0.966. The van der Waals surface area contributed by atoms with Gasteiger partial charge in [-0.3, -0.25) is 0 Å². The zero-order valence-corrected chi connectivity index (χ0v) is 10.1. The fraction of sp³-hybridized carbons (Fsp3) is 0.429. The summed E-state index contributed by atoms with van der Waals surface area (Å²) >= 11 is 0. The summed E-state index contributed by atoms with van der Waals surface area (Å²) in [5, 5.41) is 0. The summed E-state index contributed by atoms with van der Waals surface area (Å²) < 4.78 is 11.0. The zero-order valence-electron chi connectivity index (χ0n) is 10.1. The molecule has 0 aromatic heterocycles. The van der Waals surface area contributed by atoms with Crippen LogP contribution in [0.25, 0.3) is 0 Å². The average molecular weight is 218 g/mol. The molecule has 0 aliphatic carbocycles. The minimum absolute atomic E-state index is 0.583. The lowest BCUT2D eigenvalue weighted by molar-refractivity contribution is -0.179. The Morgan fingerprint density at radius 1 is 1.06 bits per heavy atom. The molecule has 0 amide bonds. The molecule has 0 N–H and O–H groups in total. The predicted molar refractivity (Wildman–Crippen MR) is 65.0 cm³/mol. The molecule has 2 nitrogen and oxygen atoms in total. The molecule has 16 heavy (non-hydrogen) atoms. The van der Waals surface area contributed by atoms with E-state index in [1.165, 1.54) is 0 Å². The van der Waals surface area contributed by atoms with E-state index in [0.29, 0.717) is 13.2 Å². The monoisotopic (exact) mass is 218 g/mol. The molecule has 2 heteroatoms. The highest BCUT2D eigenvalue weighted by Gasteiger charge is 2.21. The van der Waals surface area contributed by atoms with Gasteiger partial charge >= 0.3 is 0 Å². The Balaban J connectivity index is 2.79. The summed E-state index contributed by atoms with van der Waals surface area (Å²) in [6.07, 6.45) is 0. The van der Waals surface area contributed by atoms with Gasteiger partial charge in [-0.25, -0.2) is 0 Å². The summed E-state index contributed by atoms with van der Waals surface area (Å²) in [6, 6.07) is 9.82. The van der Waals surface area contributed by atoms with E-state index < -0.39 is 5.79 Å². The highest BCUT2D eigenvalue weighted by molar-refractivity contribution is 5.35. The van der Waals surface area contributed by atoms with E-state index in [2.05, 4.69) is 11.8 Å². The number of hydrogen-bond donors (Lipinski definition) is 0. The zero-order chi connectivity index (χ0) is 11.9. The van der Waals surface area contributed by atoms with Crippen LogP contribution in [0.2, 0.25) is 0 Å². The first-order valence-corrected chi connectivity index (χ1v) is 5.56. The average Bonchev–Trinajstić information content (AvgIpc) is 2.29. The molecular weight excluding hydrogens is 200 g/mol. The van der Waals surface area contributed by atoms with Crippen LogP contribution in [0.3, 0.4) is 0 Å². The summed E-state index contributed by atoms with van der Waals surface area (Å²) in [6.45, 7) is 6.87. The molecule has 0 bridgehead atoms. The highest BCUT2D eigenvalue weighted by Crippen LogP contribution is 2.11. The van der Waals surface area contributed by atoms with Gasteiger partial charge in [0.25, 0.3) is 0 Å². The van der Waals surface area contributed by atoms with Crippen LogP contribution in [0.15, 0.2) is 30.3 Å². The number of ether oxygens (including phenoxy) is 2. The van der Waals surface area contributed by atoms with Gasteiger partial charge in [0.1, 0.15) is 0 Å². The Labute approximate surface area is 97.6 Å². The first kappa shape index (κ1) is 12.8. The molecule has 0 unspecified atom stereocenters. The van der Waals surface area contributed by atoms with Gasteiger partial charge in [0.15, 0.2) is 0 Å². The summed E-state index contributed by atoms with van der Waals surface area (Å²) in [4.78, 5) is 0. The summed E-state index contributed by atoms with van der Waals surface area (Å²) in [7, 11) is 0. The first-order chi connectivity index (χ1) is 7.70. The molecule has 0 aliphatic heterocycles. The topological polar surface area (TPSA) is 18.5 Å². The quantitative estimate of drug-likeness (QED) is 0.571. The maximum atomic E-state index is 5.50. The second kappa shape index (κ2) is 6.32. The van der Waals surface area contributed by atoms with E-state index in [4.69, 9.17) is 9.47 Å². The van der Waals surface area contributed by atoms with E-state index in [1.54, 1.807) is 0 Å². The number of benzene rings is 1. The van der Waals surface area contributed by atoms with Gasteiger partial charge in [-0.1, -0.05) is 24.1 Å². The SMILES string of the molecule is CCOC(C)(C#Cc1ccccc1)OCC. The van der Waals surface area contributed by atoms with Gasteiger partial charge in [-0.2, -0.15) is 0 Å². The van der Waals surface area contributed by atoms with Crippen LogP contribution < -0.4 is 0 Å². The van der Waals surface area contributed by atoms with E-state index in [1.807, 2.05) is 51.1 Å². The van der Waals surface area contributed by atoms with Crippen molar-refractivity contribution in [3.05, 3.63) is 35.9 Å². The Morgan fingerprint density at radius 3 is 2.12 bits per heavy atom. The maximum Gasteiger partial charge on any atom is 0.230 e. The molecule has 0 aliphatic rings. The third kappa shape index (κ3) is 4.06. The van der Waals surface area contributed by atoms with Crippen molar-refractivity contribution in [1.29, 1.82) is 0 Å². The van der Waals surface area contributed by atoms with Crippen LogP contribution in [0.5, 0.6) is 0 Å². The van der Waals surface area contributed by atoms with Crippen LogP contribution in [0.1, 0.15) is 26.3 Å². The van der Waals surface area contributed by atoms with Crippen molar-refractivity contribution >= 4 is 0 Å². The van der Waals surface area contributed by atoms with Gasteiger partial charge in [-0.15, -0.1) is 0 Å². The van der Waals surface area contributed by atoms with E-state index in [0.717, 1.165) is 5.56 Å². The molecule has 1 aromatic carbocycles. The Morgan fingerprint density at radius 2 is 1.62 bits per heavy atom. The van der Waals surface area contributed by atoms with Crippen molar-refractivity contribution in [2.75, 3.05) is 13.2 Å². The van der Waals surface area contributed by atoms with Crippen molar-refractivity contribution in [3.8, 4) is 11.8 Å². The molecule has 0 saturated carbocycles. The largest absolute Gasteiger partial charge is 0.340 e. The number of hydrogen-bond acceptors (Lipinski definition) is 2. The highest BCUT2D eigenvalue weighted by atomic mass is 16.7. The second-order valence-electron chi connectivity index (χ2n) is 3.43. The van der Waals surface area contributed by atoms with Crippen molar-refractivity contribution < 1.29 is 9.47 Å². The third-order valence-corrected chi connectivity index (χ3v) is 2.05. The van der Waals surface area contributed by atoms with Gasteiger partial charge in [0.2, 0.25) is 5.79 Å². The molecular formula is C14H18O2. The van der Waals surface area contributed by atoms with Gasteiger partial charge < -0.3 is 9.47 Å². The molecule has 1 rings (SSSR count). The van der Waals surface area contributed by atoms with Crippen molar-refractivity contribution in [1.82, 2.24) is 0 Å². The molecule has 1 aromatic rings. The minimum Gasteiger partial charge on any atom is -0.340 e. The normalized spacial score (nSPS) is 10.7. The Hall–Kier alpha value is -1.30. The molecule has 0 atom stereocenters. The van der Waals surface area contributed by atoms with Crippen molar-refractivity contribution in [2.24, 2.45) is 0 Å². The van der Waals surface area contributed by atoms with E-state index >= 15 is 0 Å². The molecule has 86 valence electrons. The second-order valence-corrected chi connectivity index (χ2v) is 3.43. The molecule has 0 saturated heterocycles. The van der Waals surface area contributed by atoms with Crippen molar-refractivity contribution in [3.63, 3.8) is 0 Å². The lowest BCUT2D eigenvalue weighted by Crippen LogP contribution is -2.30. The fourth-order valence-electron chi connectivity index (χ4n) is 1.37. The van der Waals surface area contributed by atoms with Crippen molar-refractivity contribution in [2.45, 2.75) is 26.6 Å². The lowest BCUT2D eigenvalue weighted by atomic mass is 10.2. The van der Waals surface area contributed by atoms with Gasteiger partial charge in [0, 0.05) is 25.7 Å². The predicted octanol–water partition coefficient (Wildman–Crippen LogP) is 2.83. The van der Waals surface area contributed by atoms with Crippen LogP contribution in [0, 0.1) is 11.8 Å². The maximum absolute atomic E-state index is 5.50. The summed E-state index contributed by atoms with van der Waals surface area (Å²) in [5.74, 6) is 5.27. The van der Waals surface area contributed by atoms with Gasteiger partial charge in [0.05, 0.1) is 0 Å². The van der Waals surface area contributed by atoms with E-state index in [9.17, 15) is 0 Å². The van der Waals surface area contributed by atoms with Gasteiger partial charge in [-0.05, 0) is 31.9 Å². The number of rotatable bonds is 4. The molecule has 0 heterocycles. The van der Waals surface area contributed by atoms with Crippen LogP contribution in [-0.2, 0) is 9.47 Å². The fourth-order valence-corrected chi connectivity index (χ4v) is 1.37. The third-order valence-electron chi connectivity index (χ3n) is 2.05. The first-order valence-electron chi connectivity index (χ1n) is 5.56. The molecule has 0 fully saturated rings. The Bertz CT molecular complexity index is 353. The lowest BCUT2D eigenvalue weighted by Gasteiger charge is -2.22. The van der Waals surface area contributed by atoms with Crippen LogP contribution in [-0.4, -0.2) is 19.0 Å². The minimum atomic E-state index is -0.806. The van der Waals surface area contributed by atoms with Crippen LogP contribution in [0.4, 0.5) is 0 Å². The Kier molecular flexibility index (Phi) is 5.04. The van der Waals surface area contributed by atoms with E-state index in [-0.39, 0.29) is 0 Å². The molecule has 0 spiro atoms. The standard InChI is InChI=1S/C14H18O2/c1-4-15-14(3,16-5-2)12-11-13-9-7-6-8-10-13/h6-10H,4-5H2,1-3H3.